The third-order valence-corrected chi connectivity index (χ3v) is 2.85. The van der Waals surface area contributed by atoms with E-state index in [1.54, 1.807) is 12.4 Å². The van der Waals surface area contributed by atoms with Crippen LogP contribution in [0.25, 0.3) is 0 Å². The van der Waals surface area contributed by atoms with Crippen molar-refractivity contribution in [2.45, 2.75) is 26.8 Å². The zero-order valence-corrected chi connectivity index (χ0v) is 11.1. The maximum Gasteiger partial charge on any atom is 0.148 e. The van der Waals surface area contributed by atoms with Gasteiger partial charge in [-0.15, -0.1) is 0 Å². The Hall–Kier alpha value is -2.21. The molecule has 0 amide bonds. The van der Waals surface area contributed by atoms with E-state index in [1.165, 1.54) is 0 Å². The van der Waals surface area contributed by atoms with E-state index in [0.29, 0.717) is 12.4 Å². The first-order valence-electron chi connectivity index (χ1n) is 6.21. The zero-order valence-electron chi connectivity index (χ0n) is 11.1. The first-order chi connectivity index (χ1) is 9.24. The van der Waals surface area contributed by atoms with E-state index in [2.05, 4.69) is 25.7 Å². The van der Waals surface area contributed by atoms with Crippen LogP contribution in [-0.2, 0) is 13.0 Å². The molecule has 6 heteroatoms. The van der Waals surface area contributed by atoms with Crippen molar-refractivity contribution in [2.24, 2.45) is 5.84 Å². The average molecular weight is 258 g/mol. The molecule has 0 aromatic carbocycles. The fraction of sp³-hybridized carbons (Fsp3) is 0.308. The number of aryl methyl sites for hydroxylation is 1. The molecule has 0 aliphatic heterocycles. The van der Waals surface area contributed by atoms with Crippen molar-refractivity contribution >= 4 is 11.6 Å². The monoisotopic (exact) mass is 258 g/mol. The molecule has 0 spiro atoms. The van der Waals surface area contributed by atoms with E-state index >= 15 is 0 Å². The van der Waals surface area contributed by atoms with Crippen LogP contribution in [0.2, 0.25) is 0 Å². The zero-order chi connectivity index (χ0) is 13.7. The van der Waals surface area contributed by atoms with E-state index < -0.39 is 0 Å². The molecule has 0 bridgehead atoms. The minimum atomic E-state index is 0.657. The number of nitrogens with zero attached hydrogens (tertiary/aromatic N) is 3. The highest BCUT2D eigenvalue weighted by atomic mass is 15.3. The third kappa shape index (κ3) is 3.17. The molecule has 0 radical (unpaired) electrons. The number of pyridine rings is 1. The molecule has 19 heavy (non-hydrogen) atoms. The van der Waals surface area contributed by atoms with Crippen molar-refractivity contribution in [1.82, 2.24) is 15.0 Å². The number of hydrogen-bond acceptors (Lipinski definition) is 6. The molecular weight excluding hydrogens is 240 g/mol. The molecule has 0 unspecified atom stereocenters. The molecule has 0 aliphatic rings. The van der Waals surface area contributed by atoms with Gasteiger partial charge in [0.05, 0.1) is 0 Å². The second-order valence-corrected chi connectivity index (χ2v) is 4.17. The van der Waals surface area contributed by atoms with Gasteiger partial charge in [-0.05, 0) is 24.6 Å². The van der Waals surface area contributed by atoms with Gasteiger partial charge in [0.1, 0.15) is 17.5 Å². The summed E-state index contributed by atoms with van der Waals surface area (Å²) >= 11 is 0. The summed E-state index contributed by atoms with van der Waals surface area (Å²) in [6.07, 6.45) is 4.31. The molecule has 2 aromatic heterocycles. The van der Waals surface area contributed by atoms with Gasteiger partial charge < -0.3 is 10.7 Å². The molecule has 4 N–H and O–H groups in total. The summed E-state index contributed by atoms with van der Waals surface area (Å²) < 4.78 is 0. The molecule has 0 saturated heterocycles. The number of nitrogens with two attached hydrogens (primary N) is 1. The lowest BCUT2D eigenvalue weighted by Gasteiger charge is -2.13. The molecule has 2 aromatic rings. The predicted molar refractivity (Wildman–Crippen MR) is 75.5 cm³/mol. The minimum absolute atomic E-state index is 0.657. The summed E-state index contributed by atoms with van der Waals surface area (Å²) in [6.45, 7) is 4.63. The van der Waals surface area contributed by atoms with E-state index in [9.17, 15) is 0 Å². The van der Waals surface area contributed by atoms with E-state index in [0.717, 1.165) is 29.2 Å². The lowest BCUT2D eigenvalue weighted by atomic mass is 10.2. The van der Waals surface area contributed by atoms with Gasteiger partial charge in [0.2, 0.25) is 0 Å². The molecule has 2 rings (SSSR count). The van der Waals surface area contributed by atoms with Gasteiger partial charge in [0, 0.05) is 30.9 Å². The van der Waals surface area contributed by atoms with Crippen molar-refractivity contribution in [3.05, 3.63) is 41.5 Å². The number of anilines is 2. The minimum Gasteiger partial charge on any atom is -0.366 e. The number of aromatic nitrogens is 3. The van der Waals surface area contributed by atoms with E-state index in [-0.39, 0.29) is 0 Å². The summed E-state index contributed by atoms with van der Waals surface area (Å²) in [5.74, 6) is 7.69. The van der Waals surface area contributed by atoms with Crippen LogP contribution in [0.1, 0.15) is 23.9 Å². The Morgan fingerprint density at radius 2 is 1.84 bits per heavy atom. The number of nitrogen functional groups attached to an aromatic ring is 1. The Morgan fingerprint density at radius 3 is 2.47 bits per heavy atom. The number of rotatable bonds is 5. The van der Waals surface area contributed by atoms with Crippen molar-refractivity contribution < 1.29 is 0 Å². The van der Waals surface area contributed by atoms with Crippen LogP contribution in [0, 0.1) is 6.92 Å². The van der Waals surface area contributed by atoms with Crippen molar-refractivity contribution in [3.8, 4) is 0 Å². The number of hydrazine groups is 1. The molecular formula is C13H18N6. The molecule has 6 nitrogen and oxygen atoms in total. The van der Waals surface area contributed by atoms with Crippen LogP contribution < -0.4 is 16.6 Å². The Labute approximate surface area is 112 Å². The Morgan fingerprint density at radius 1 is 1.16 bits per heavy atom. The van der Waals surface area contributed by atoms with Crippen LogP contribution in [0.15, 0.2) is 24.5 Å². The molecule has 0 saturated carbocycles. The summed E-state index contributed by atoms with van der Waals surface area (Å²) in [5, 5.41) is 3.30. The lowest BCUT2D eigenvalue weighted by molar-refractivity contribution is 0.921. The standard InChI is InChI=1S/C13H18N6/c1-3-11-17-12(9(2)13(18-11)19-14)16-8-10-4-6-15-7-5-10/h4-7H,3,8,14H2,1-2H3,(H2,16,17,18,19). The quantitative estimate of drug-likeness (QED) is 0.558. The van der Waals surface area contributed by atoms with Crippen LogP contribution in [-0.4, -0.2) is 15.0 Å². The van der Waals surface area contributed by atoms with E-state index in [4.69, 9.17) is 5.84 Å². The first kappa shape index (κ1) is 13.2. The van der Waals surface area contributed by atoms with Crippen molar-refractivity contribution in [3.63, 3.8) is 0 Å². The first-order valence-corrected chi connectivity index (χ1v) is 6.21. The van der Waals surface area contributed by atoms with Crippen LogP contribution in [0.4, 0.5) is 11.6 Å². The van der Waals surface area contributed by atoms with Gasteiger partial charge in [-0.3, -0.25) is 4.98 Å². The smallest absolute Gasteiger partial charge is 0.148 e. The summed E-state index contributed by atoms with van der Waals surface area (Å²) in [7, 11) is 0. The fourth-order valence-corrected chi connectivity index (χ4v) is 1.72. The molecule has 0 aliphatic carbocycles. The maximum atomic E-state index is 5.47. The average Bonchev–Trinajstić information content (AvgIpc) is 2.47. The summed E-state index contributed by atoms with van der Waals surface area (Å²) in [6, 6.07) is 3.93. The lowest BCUT2D eigenvalue weighted by Crippen LogP contribution is -2.14. The van der Waals surface area contributed by atoms with Crippen LogP contribution >= 0.6 is 0 Å². The highest BCUT2D eigenvalue weighted by molar-refractivity contribution is 5.56. The summed E-state index contributed by atoms with van der Waals surface area (Å²) in [5.41, 5.74) is 4.66. The Bertz CT molecular complexity index is 540. The molecule has 2 heterocycles. The highest BCUT2D eigenvalue weighted by Crippen LogP contribution is 2.19. The third-order valence-electron chi connectivity index (χ3n) is 2.85. The normalized spacial score (nSPS) is 10.3. The molecule has 0 fully saturated rings. The number of hydrogen-bond donors (Lipinski definition) is 3. The molecule has 100 valence electrons. The van der Waals surface area contributed by atoms with Gasteiger partial charge in [0.25, 0.3) is 0 Å². The largest absolute Gasteiger partial charge is 0.366 e. The van der Waals surface area contributed by atoms with Crippen LogP contribution in [0.3, 0.4) is 0 Å². The topological polar surface area (TPSA) is 88.8 Å². The van der Waals surface area contributed by atoms with Crippen LogP contribution in [0.5, 0.6) is 0 Å². The molecule has 0 atom stereocenters. The highest BCUT2D eigenvalue weighted by Gasteiger charge is 2.09. The second-order valence-electron chi connectivity index (χ2n) is 4.17. The fourth-order valence-electron chi connectivity index (χ4n) is 1.72. The SMILES string of the molecule is CCc1nc(NN)c(C)c(NCc2ccncc2)n1. The van der Waals surface area contributed by atoms with Gasteiger partial charge in [0.15, 0.2) is 0 Å². The predicted octanol–water partition coefficient (Wildman–Crippen LogP) is 1.64. The van der Waals surface area contributed by atoms with Crippen molar-refractivity contribution in [1.29, 1.82) is 0 Å². The maximum absolute atomic E-state index is 5.47. The van der Waals surface area contributed by atoms with Gasteiger partial charge in [-0.1, -0.05) is 6.92 Å². The van der Waals surface area contributed by atoms with E-state index in [1.807, 2.05) is 26.0 Å². The van der Waals surface area contributed by atoms with Gasteiger partial charge >= 0.3 is 0 Å². The second kappa shape index (κ2) is 6.10. The number of nitrogens with one attached hydrogen (secondary N) is 2. The van der Waals surface area contributed by atoms with Gasteiger partial charge in [-0.25, -0.2) is 15.8 Å². The van der Waals surface area contributed by atoms with Crippen molar-refractivity contribution in [2.75, 3.05) is 10.7 Å². The Balaban J connectivity index is 2.19. The summed E-state index contributed by atoms with van der Waals surface area (Å²) in [4.78, 5) is 12.8. The van der Waals surface area contributed by atoms with Gasteiger partial charge in [-0.2, -0.15) is 0 Å². The Kier molecular flexibility index (Phi) is 4.25.